The zero-order valence-corrected chi connectivity index (χ0v) is 22.1. The molecule has 3 aliphatic heterocycles. The molecular formula is C26H30N4O10. The van der Waals surface area contributed by atoms with Gasteiger partial charge < -0.3 is 24.4 Å². The van der Waals surface area contributed by atoms with Crippen LogP contribution in [0.25, 0.3) is 0 Å². The number of hydrogen-bond acceptors (Lipinski definition) is 12. The highest BCUT2D eigenvalue weighted by Crippen LogP contribution is 2.52. The summed E-state index contributed by atoms with van der Waals surface area (Å²) in [5.41, 5.74) is -1.01. The first-order chi connectivity index (χ1) is 18.8. The average Bonchev–Trinajstić information content (AvgIpc) is 3.78. The maximum Gasteiger partial charge on any atom is 0.260 e. The predicted molar refractivity (Wildman–Crippen MR) is 133 cm³/mol. The predicted octanol–water partition coefficient (Wildman–Crippen LogP) is 1.82. The van der Waals surface area contributed by atoms with Gasteiger partial charge in [-0.05, 0) is 63.1 Å². The van der Waals surface area contributed by atoms with Gasteiger partial charge in [0.1, 0.15) is 12.2 Å². The van der Waals surface area contributed by atoms with Crippen LogP contribution in [0.5, 0.6) is 0 Å². The van der Waals surface area contributed by atoms with Crippen molar-refractivity contribution in [2.45, 2.75) is 69.6 Å². The van der Waals surface area contributed by atoms with Crippen molar-refractivity contribution >= 4 is 29.0 Å². The Bertz CT molecular complexity index is 1320. The maximum atomic E-state index is 13.7. The molecule has 3 fully saturated rings. The van der Waals surface area contributed by atoms with Crippen molar-refractivity contribution in [2.24, 2.45) is 0 Å². The van der Waals surface area contributed by atoms with Gasteiger partial charge in [-0.15, -0.1) is 10.5 Å². The second kappa shape index (κ2) is 9.78. The van der Waals surface area contributed by atoms with Crippen LogP contribution < -0.4 is 15.8 Å². The summed E-state index contributed by atoms with van der Waals surface area (Å²) >= 11 is 0. The van der Waals surface area contributed by atoms with E-state index in [2.05, 4.69) is 5.32 Å². The van der Waals surface area contributed by atoms with Crippen LogP contribution in [0, 0.1) is 0 Å². The molecule has 3 heterocycles. The Kier molecular flexibility index (Phi) is 6.82. The summed E-state index contributed by atoms with van der Waals surface area (Å²) in [6.07, 6.45) is -3.49. The third-order valence-corrected chi connectivity index (χ3v) is 7.60. The van der Waals surface area contributed by atoms with Crippen LogP contribution in [-0.2, 0) is 28.6 Å². The minimum Gasteiger partial charge on any atom is -0.351 e. The van der Waals surface area contributed by atoms with Gasteiger partial charge in [-0.2, -0.15) is 0 Å². The summed E-state index contributed by atoms with van der Waals surface area (Å²) in [7, 11) is 0. The summed E-state index contributed by atoms with van der Waals surface area (Å²) in [4.78, 5) is 40.6. The van der Waals surface area contributed by atoms with E-state index in [1.807, 2.05) is 0 Å². The molecule has 0 saturated carbocycles. The van der Waals surface area contributed by atoms with Gasteiger partial charge in [0.15, 0.2) is 29.4 Å². The Morgan fingerprint density at radius 1 is 0.825 bits per heavy atom. The molecule has 7 unspecified atom stereocenters. The van der Waals surface area contributed by atoms with Crippen LogP contribution in [0.4, 0.5) is 11.4 Å². The van der Waals surface area contributed by atoms with E-state index >= 15 is 0 Å². The average molecular weight is 559 g/mol. The molecule has 14 nitrogen and oxygen atoms in total. The third-order valence-electron chi connectivity index (χ3n) is 7.60. The van der Waals surface area contributed by atoms with Crippen LogP contribution >= 0.6 is 0 Å². The molecule has 0 spiro atoms. The topological polar surface area (TPSA) is 188 Å². The Hall–Kier alpha value is -3.63. The second-order valence-electron chi connectivity index (χ2n) is 10.4. The highest BCUT2D eigenvalue weighted by Gasteiger charge is 2.64. The van der Waals surface area contributed by atoms with Crippen molar-refractivity contribution in [3.8, 4) is 0 Å². The van der Waals surface area contributed by atoms with E-state index in [0.717, 1.165) is 0 Å². The number of anilines is 2. The Morgan fingerprint density at radius 3 is 1.73 bits per heavy atom. The minimum atomic E-state index is -1.30. The second-order valence-corrected chi connectivity index (χ2v) is 10.4. The number of rotatable bonds is 8. The third kappa shape index (κ3) is 4.69. The number of hydrogen-bond donors (Lipinski definition) is 5. The lowest BCUT2D eigenvalue weighted by Gasteiger charge is -2.27. The molecule has 5 rings (SSSR count). The molecule has 2 amide bonds. The molecule has 40 heavy (non-hydrogen) atoms. The fraction of sp³-hybridized carbons (Fsp3) is 0.423. The molecule has 3 saturated heterocycles. The SMILES string of the molecule is CC(=O)C1OC(NC(=O)C2(C)OC2c2ccc(N(O)O)cc2)C(C)N1C(=O)C1(C)OC1c1ccc(N(O)O)cc1. The molecule has 0 aromatic heterocycles. The van der Waals surface area contributed by atoms with Crippen molar-refractivity contribution in [3.63, 3.8) is 0 Å². The van der Waals surface area contributed by atoms with Gasteiger partial charge in [0, 0.05) is 0 Å². The molecule has 2 aromatic carbocycles. The monoisotopic (exact) mass is 558 g/mol. The fourth-order valence-corrected chi connectivity index (χ4v) is 5.04. The van der Waals surface area contributed by atoms with Gasteiger partial charge in [-0.3, -0.25) is 35.2 Å². The van der Waals surface area contributed by atoms with Crippen molar-refractivity contribution < 1.29 is 49.4 Å². The molecule has 2 aromatic rings. The fourth-order valence-electron chi connectivity index (χ4n) is 5.04. The first-order valence-corrected chi connectivity index (χ1v) is 12.5. The van der Waals surface area contributed by atoms with E-state index in [1.165, 1.54) is 36.1 Å². The standard InChI is InChI=1S/C26H30N4O10/c1-13-21(27-23(32)25(3)19(39-25)15-5-9-17(10-6-15)29(34)35)38-22(14(2)31)28(13)24(33)26(4)20(40-26)16-7-11-18(12-8-16)30(36)37/h5-13,19-22,34-37H,1-4H3,(H,27,32). The van der Waals surface area contributed by atoms with Crippen LogP contribution in [-0.4, -0.2) is 73.0 Å². The van der Waals surface area contributed by atoms with Crippen molar-refractivity contribution in [1.29, 1.82) is 0 Å². The number of ketones is 1. The zero-order valence-electron chi connectivity index (χ0n) is 22.1. The number of nitrogens with one attached hydrogen (secondary N) is 1. The number of amides is 2. The quantitative estimate of drug-likeness (QED) is 0.234. The van der Waals surface area contributed by atoms with E-state index in [-0.39, 0.29) is 21.8 Å². The first kappa shape index (κ1) is 27.9. The Labute approximate surface area is 228 Å². The van der Waals surface area contributed by atoms with Crippen LogP contribution in [0.3, 0.4) is 0 Å². The summed E-state index contributed by atoms with van der Waals surface area (Å²) in [6.45, 7) is 6.13. The molecule has 7 atom stereocenters. The molecule has 14 heteroatoms. The number of carbonyl (C=O) groups excluding carboxylic acids is 3. The summed E-state index contributed by atoms with van der Waals surface area (Å²) < 4.78 is 17.3. The lowest BCUT2D eigenvalue weighted by Crippen LogP contribution is -2.52. The number of ether oxygens (including phenoxy) is 3. The summed E-state index contributed by atoms with van der Waals surface area (Å²) in [5, 5.41) is 39.2. The Morgan fingerprint density at radius 2 is 1.27 bits per heavy atom. The van der Waals surface area contributed by atoms with E-state index in [1.54, 1.807) is 45.0 Å². The van der Waals surface area contributed by atoms with Crippen molar-refractivity contribution in [3.05, 3.63) is 59.7 Å². The lowest BCUT2D eigenvalue weighted by atomic mass is 9.98. The van der Waals surface area contributed by atoms with Gasteiger partial charge in [-0.1, -0.05) is 24.3 Å². The molecule has 3 aliphatic rings. The van der Waals surface area contributed by atoms with Crippen LogP contribution in [0.1, 0.15) is 51.0 Å². The molecule has 5 N–H and O–H groups in total. The van der Waals surface area contributed by atoms with Gasteiger partial charge in [0.05, 0.1) is 17.4 Å². The van der Waals surface area contributed by atoms with E-state index in [0.29, 0.717) is 11.1 Å². The molecular weight excluding hydrogens is 528 g/mol. The highest BCUT2D eigenvalue weighted by molar-refractivity contribution is 5.94. The van der Waals surface area contributed by atoms with Crippen LogP contribution in [0.15, 0.2) is 48.5 Å². The number of Topliss-reactive ketones (excluding diaryl/α,β-unsaturated/α-hetero) is 1. The highest BCUT2D eigenvalue weighted by atomic mass is 16.8. The normalized spacial score (nSPS) is 32.4. The smallest absolute Gasteiger partial charge is 0.260 e. The van der Waals surface area contributed by atoms with Gasteiger partial charge in [0.2, 0.25) is 0 Å². The molecule has 0 radical (unpaired) electrons. The van der Waals surface area contributed by atoms with Gasteiger partial charge in [0.25, 0.3) is 11.8 Å². The Balaban J connectivity index is 1.27. The summed E-state index contributed by atoms with van der Waals surface area (Å²) in [6, 6.07) is 11.5. The zero-order chi connectivity index (χ0) is 29.1. The number of nitrogens with zero attached hydrogens (tertiary/aromatic N) is 3. The van der Waals surface area contributed by atoms with Gasteiger partial charge >= 0.3 is 0 Å². The van der Waals surface area contributed by atoms with E-state index in [4.69, 9.17) is 35.0 Å². The van der Waals surface area contributed by atoms with E-state index in [9.17, 15) is 14.4 Å². The van der Waals surface area contributed by atoms with Crippen molar-refractivity contribution in [2.75, 3.05) is 10.5 Å². The molecule has 0 bridgehead atoms. The maximum absolute atomic E-state index is 13.7. The molecule has 214 valence electrons. The van der Waals surface area contributed by atoms with E-state index < -0.39 is 59.5 Å². The molecule has 0 aliphatic carbocycles. The first-order valence-electron chi connectivity index (χ1n) is 12.5. The number of carbonyl (C=O) groups is 3. The van der Waals surface area contributed by atoms with Gasteiger partial charge in [-0.25, -0.2) is 0 Å². The van der Waals surface area contributed by atoms with Crippen molar-refractivity contribution in [1.82, 2.24) is 10.2 Å². The number of benzene rings is 2. The number of epoxide rings is 2. The lowest BCUT2D eigenvalue weighted by molar-refractivity contribution is -0.151. The largest absolute Gasteiger partial charge is 0.351 e. The minimum absolute atomic E-state index is 0.0213. The summed E-state index contributed by atoms with van der Waals surface area (Å²) in [5.74, 6) is -1.43. The van der Waals surface area contributed by atoms with Crippen LogP contribution in [0.2, 0.25) is 0 Å².